The monoisotopic (exact) mass is 593 g/mol. The van der Waals surface area contributed by atoms with Crippen molar-refractivity contribution < 1.29 is 28.6 Å². The van der Waals surface area contributed by atoms with E-state index in [1.54, 1.807) is 12.2 Å². The summed E-state index contributed by atoms with van der Waals surface area (Å²) >= 11 is 0. The van der Waals surface area contributed by atoms with Crippen molar-refractivity contribution in [3.8, 4) is 0 Å². The molecule has 5 N–H and O–H groups in total. The maximum atomic E-state index is 16.9. The Bertz CT molecular complexity index is 1100. The number of fused-ring (bicyclic) bond motifs is 3. The summed E-state index contributed by atoms with van der Waals surface area (Å²) < 4.78 is 23.2. The summed E-state index contributed by atoms with van der Waals surface area (Å²) in [7, 11) is -2.23. The van der Waals surface area contributed by atoms with Crippen LogP contribution in [0, 0.1) is 23.2 Å². The van der Waals surface area contributed by atoms with Gasteiger partial charge in [-0.3, -0.25) is 9.59 Å². The van der Waals surface area contributed by atoms with Crippen LogP contribution in [-0.4, -0.2) is 66.5 Å². The van der Waals surface area contributed by atoms with Gasteiger partial charge in [-0.05, 0) is 80.1 Å². The van der Waals surface area contributed by atoms with Gasteiger partial charge in [0.15, 0.2) is 14.1 Å². The number of Topliss-reactive ketones (excluding diaryl/α,β-unsaturated/α-hetero) is 1. The first kappa shape index (κ1) is 33.8. The van der Waals surface area contributed by atoms with Crippen molar-refractivity contribution in [3.63, 3.8) is 0 Å². The van der Waals surface area contributed by atoms with Crippen molar-refractivity contribution >= 4 is 25.7 Å². The molecule has 3 fully saturated rings. The zero-order chi connectivity index (χ0) is 31.0. The van der Waals surface area contributed by atoms with Gasteiger partial charge in [-0.2, -0.15) is 5.10 Å². The number of carbonyl (C=O) groups is 2. The summed E-state index contributed by atoms with van der Waals surface area (Å²) in [5.41, 5.74) is 4.50. The largest absolute Gasteiger partial charge is 0.409 e. The van der Waals surface area contributed by atoms with Gasteiger partial charge in [0, 0.05) is 11.8 Å². The van der Waals surface area contributed by atoms with Crippen LogP contribution in [0.3, 0.4) is 0 Å². The van der Waals surface area contributed by atoms with Crippen molar-refractivity contribution in [1.82, 2.24) is 5.43 Å². The summed E-state index contributed by atoms with van der Waals surface area (Å²) in [5.74, 6) is -1.93. The molecular weight excluding hydrogens is 541 g/mol. The molecule has 0 spiro atoms. The van der Waals surface area contributed by atoms with Crippen molar-refractivity contribution in [3.05, 3.63) is 23.8 Å². The first-order valence-electron chi connectivity index (χ1n) is 15.1. The van der Waals surface area contributed by atoms with Gasteiger partial charge < -0.3 is 20.4 Å². The van der Waals surface area contributed by atoms with Crippen LogP contribution >= 0.6 is 0 Å². The smallest absolute Gasteiger partial charge is 0.253 e. The number of nitrogens with two attached hydrogens (primary N) is 1. The van der Waals surface area contributed by atoms with E-state index in [1.807, 2.05) is 26.8 Å². The fourth-order valence-electron chi connectivity index (χ4n) is 7.22. The van der Waals surface area contributed by atoms with Crippen LogP contribution in [0.1, 0.15) is 80.1 Å². The third-order valence-corrected chi connectivity index (χ3v) is 15.2. The summed E-state index contributed by atoms with van der Waals surface area (Å²) in [6.07, 6.45) is 6.48. The molecule has 0 aromatic heterocycles. The number of rotatable bonds is 9. The fourth-order valence-corrected chi connectivity index (χ4v) is 8.14. The lowest BCUT2D eigenvalue weighted by molar-refractivity contribution is -0.199. The minimum atomic E-state index is -2.23. The average Bonchev–Trinajstić information content (AvgIpc) is 3.09. The Morgan fingerprint density at radius 1 is 1.29 bits per heavy atom. The molecular formula is C31H52FN3O5Si. The van der Waals surface area contributed by atoms with Gasteiger partial charge in [-0.25, -0.2) is 9.82 Å². The predicted octanol–water partition coefficient (Wildman–Crippen LogP) is 4.57. The Labute approximate surface area is 246 Å². The van der Waals surface area contributed by atoms with Gasteiger partial charge in [0.05, 0.1) is 25.0 Å². The van der Waals surface area contributed by atoms with Gasteiger partial charge in [0.25, 0.3) is 5.91 Å². The molecule has 0 heterocycles. The van der Waals surface area contributed by atoms with Gasteiger partial charge >= 0.3 is 0 Å². The highest BCUT2D eigenvalue weighted by Crippen LogP contribution is 2.67. The minimum absolute atomic E-state index is 0.00609. The van der Waals surface area contributed by atoms with E-state index in [9.17, 15) is 19.8 Å². The number of nitrogens with one attached hydrogen (secondary N) is 1. The molecule has 8 nitrogen and oxygen atoms in total. The summed E-state index contributed by atoms with van der Waals surface area (Å²) in [6, 6.07) is 0. The van der Waals surface area contributed by atoms with Crippen LogP contribution in [0.25, 0.3) is 0 Å². The van der Waals surface area contributed by atoms with E-state index in [0.29, 0.717) is 25.0 Å². The summed E-state index contributed by atoms with van der Waals surface area (Å²) in [6.45, 7) is 15.8. The molecule has 0 aromatic carbocycles. The molecule has 3 aliphatic carbocycles. The highest BCUT2D eigenvalue weighted by atomic mass is 28.4. The highest BCUT2D eigenvalue weighted by molar-refractivity contribution is 6.74. The van der Waals surface area contributed by atoms with E-state index < -0.39 is 42.9 Å². The second-order valence-electron chi connectivity index (χ2n) is 14.3. The van der Waals surface area contributed by atoms with E-state index in [2.05, 4.69) is 44.4 Å². The van der Waals surface area contributed by atoms with Gasteiger partial charge in [-0.15, -0.1) is 0 Å². The number of nitrogens with zero attached hydrogens (tertiary/aromatic N) is 1. The van der Waals surface area contributed by atoms with Crippen LogP contribution in [-0.2, 0) is 14.0 Å². The lowest BCUT2D eigenvalue weighted by Gasteiger charge is -2.57. The molecule has 0 bridgehead atoms. The molecule has 232 valence electrons. The number of hydrogen-bond donors (Lipinski definition) is 4. The molecule has 7 atom stereocenters. The van der Waals surface area contributed by atoms with Crippen LogP contribution in [0.4, 0.5) is 4.39 Å². The second-order valence-corrected chi connectivity index (χ2v) is 19.1. The molecule has 0 radical (unpaired) electrons. The number of allylic oxidation sites excluding steroid dienone is 4. The SMILES string of the molecule is CC\C=C/C(/C=C1/CC[C@H]2[C@@H]3C[C@@H](C)[C@](O)(C(=O)CO[Si](C)(C)C(C)(C)C)[C@@]3(C)C[C@H](O)[C@]2(F)C1)=N\NC(=O)CN. The lowest BCUT2D eigenvalue weighted by atomic mass is 9.51. The Balaban J connectivity index is 1.87. The predicted molar refractivity (Wildman–Crippen MR) is 162 cm³/mol. The standard InChI is InChI=1S/C31H52FN3O5Si/c1-9-10-11-22(34-35-27(38)18-33)15-21-12-13-23-24-14-20(2)31(39,26(37)19-40-41(7,8)28(3,4)5)29(24,6)17-25(36)30(23,32)16-21/h10-11,15,20,23-25,36,39H,9,12-14,16-19,33H2,1-8H3,(H,35,38)/b11-10-,21-15-,34-22+/t20-,23+,24+,25+,29+,30+,31+/m1/s1. The van der Waals surface area contributed by atoms with Crippen LogP contribution < -0.4 is 11.2 Å². The molecule has 0 saturated heterocycles. The number of hydrazone groups is 1. The van der Waals surface area contributed by atoms with Gasteiger partial charge in [0.2, 0.25) is 0 Å². The molecule has 0 unspecified atom stereocenters. The number of carbonyl (C=O) groups excluding carboxylic acids is 2. The van der Waals surface area contributed by atoms with Crippen molar-refractivity contribution in [1.29, 1.82) is 0 Å². The molecule has 0 aliphatic heterocycles. The molecule has 10 heteroatoms. The minimum Gasteiger partial charge on any atom is -0.409 e. The zero-order valence-corrected chi connectivity index (χ0v) is 27.2. The molecule has 0 aromatic rings. The highest BCUT2D eigenvalue weighted by Gasteiger charge is 2.72. The number of amides is 1. The van der Waals surface area contributed by atoms with Gasteiger partial charge in [-0.1, -0.05) is 53.2 Å². The maximum Gasteiger partial charge on any atom is 0.253 e. The van der Waals surface area contributed by atoms with E-state index >= 15 is 4.39 Å². The number of halogens is 1. The van der Waals surface area contributed by atoms with Crippen LogP contribution in [0.15, 0.2) is 28.9 Å². The van der Waals surface area contributed by atoms with Crippen molar-refractivity contribution in [2.75, 3.05) is 13.2 Å². The molecule has 3 saturated carbocycles. The summed E-state index contributed by atoms with van der Waals surface area (Å²) in [5, 5.41) is 27.6. The summed E-state index contributed by atoms with van der Waals surface area (Å²) in [4.78, 5) is 25.4. The number of hydrogen-bond acceptors (Lipinski definition) is 7. The number of aliphatic hydroxyl groups is 2. The number of ketones is 1. The fraction of sp³-hybridized carbons (Fsp3) is 0.774. The Morgan fingerprint density at radius 2 is 1.95 bits per heavy atom. The Morgan fingerprint density at radius 3 is 2.54 bits per heavy atom. The third-order valence-electron chi connectivity index (χ3n) is 10.7. The first-order valence-corrected chi connectivity index (χ1v) is 18.0. The maximum absolute atomic E-state index is 16.9. The Hall–Kier alpha value is -1.72. The third kappa shape index (κ3) is 6.18. The molecule has 3 rings (SSSR count). The zero-order valence-electron chi connectivity index (χ0n) is 26.2. The average molecular weight is 594 g/mol. The van der Waals surface area contributed by atoms with E-state index in [4.69, 9.17) is 10.2 Å². The molecule has 41 heavy (non-hydrogen) atoms. The van der Waals surface area contributed by atoms with Gasteiger partial charge in [0.1, 0.15) is 11.3 Å². The second kappa shape index (κ2) is 12.1. The molecule has 1 amide bonds. The van der Waals surface area contributed by atoms with Crippen molar-refractivity contribution in [2.45, 2.75) is 116 Å². The van der Waals surface area contributed by atoms with Crippen LogP contribution in [0.5, 0.6) is 0 Å². The first-order chi connectivity index (χ1) is 18.9. The van der Waals surface area contributed by atoms with E-state index in [0.717, 1.165) is 12.0 Å². The topological polar surface area (TPSA) is 134 Å². The van der Waals surface area contributed by atoms with E-state index in [1.165, 1.54) is 0 Å². The Kier molecular flexibility index (Phi) is 9.97. The number of aliphatic hydroxyl groups excluding tert-OH is 1. The molecule has 3 aliphatic rings. The quantitative estimate of drug-likeness (QED) is 0.176. The number of alkyl halides is 1. The normalized spacial score (nSPS) is 37.3. The lowest BCUT2D eigenvalue weighted by Crippen LogP contribution is -2.65. The van der Waals surface area contributed by atoms with Crippen LogP contribution in [0.2, 0.25) is 18.1 Å². The van der Waals surface area contributed by atoms with Crippen molar-refractivity contribution in [2.24, 2.45) is 34.0 Å². The van der Waals surface area contributed by atoms with E-state index in [-0.39, 0.29) is 48.7 Å².